The van der Waals surface area contributed by atoms with E-state index in [1.807, 2.05) is 30.3 Å². The highest BCUT2D eigenvalue weighted by Crippen LogP contribution is 2.16. The molecule has 0 aromatic heterocycles. The number of benzene rings is 2. The standard InChI is InChI=1S/C15H14N2O3S/c18-15(12-5-4-6-13(11-12)17(19)20)16-9-10-21-14-7-2-1-3-8-14/h1-8,11H,9-10H2,(H,16,18). The summed E-state index contributed by atoms with van der Waals surface area (Å²) < 4.78 is 0. The van der Waals surface area contributed by atoms with Crippen LogP contribution < -0.4 is 5.32 Å². The van der Waals surface area contributed by atoms with Crippen molar-refractivity contribution >= 4 is 23.4 Å². The summed E-state index contributed by atoms with van der Waals surface area (Å²) in [5, 5.41) is 13.4. The molecule has 0 saturated heterocycles. The first-order valence-corrected chi connectivity index (χ1v) is 7.36. The summed E-state index contributed by atoms with van der Waals surface area (Å²) in [5.74, 6) is 0.442. The lowest BCUT2D eigenvalue weighted by molar-refractivity contribution is -0.384. The number of thioether (sulfide) groups is 1. The Bertz CT molecular complexity index is 632. The van der Waals surface area contributed by atoms with Crippen molar-refractivity contribution in [2.75, 3.05) is 12.3 Å². The summed E-state index contributed by atoms with van der Waals surface area (Å²) in [6, 6.07) is 15.6. The molecule has 6 heteroatoms. The van der Waals surface area contributed by atoms with Crippen LogP contribution in [0.2, 0.25) is 0 Å². The van der Waals surface area contributed by atoms with E-state index in [2.05, 4.69) is 5.32 Å². The minimum absolute atomic E-state index is 0.0821. The summed E-state index contributed by atoms with van der Waals surface area (Å²) in [5.41, 5.74) is 0.218. The van der Waals surface area contributed by atoms with E-state index in [-0.39, 0.29) is 11.6 Å². The molecule has 0 aliphatic heterocycles. The van der Waals surface area contributed by atoms with Gasteiger partial charge in [0.15, 0.2) is 0 Å². The number of nitro groups is 1. The number of hydrogen-bond acceptors (Lipinski definition) is 4. The molecule has 2 aromatic carbocycles. The van der Waals surface area contributed by atoms with Crippen LogP contribution in [0.5, 0.6) is 0 Å². The summed E-state index contributed by atoms with van der Waals surface area (Å²) >= 11 is 1.64. The Labute approximate surface area is 126 Å². The maximum absolute atomic E-state index is 11.9. The summed E-state index contributed by atoms with van der Waals surface area (Å²) in [4.78, 5) is 23.2. The van der Waals surface area contributed by atoms with Crippen LogP contribution in [-0.2, 0) is 0 Å². The Kier molecular flexibility index (Phi) is 5.34. The molecule has 0 bridgehead atoms. The quantitative estimate of drug-likeness (QED) is 0.385. The molecular weight excluding hydrogens is 288 g/mol. The molecule has 0 fully saturated rings. The molecule has 0 aliphatic rings. The van der Waals surface area contributed by atoms with E-state index in [9.17, 15) is 14.9 Å². The van der Waals surface area contributed by atoms with Crippen molar-refractivity contribution in [2.24, 2.45) is 0 Å². The fourth-order valence-electron chi connectivity index (χ4n) is 1.71. The first-order chi connectivity index (χ1) is 10.2. The maximum Gasteiger partial charge on any atom is 0.270 e. The minimum atomic E-state index is -0.512. The van der Waals surface area contributed by atoms with Gasteiger partial charge in [0.2, 0.25) is 0 Å². The zero-order valence-electron chi connectivity index (χ0n) is 11.2. The van der Waals surface area contributed by atoms with Gasteiger partial charge >= 0.3 is 0 Å². The van der Waals surface area contributed by atoms with Crippen molar-refractivity contribution in [3.63, 3.8) is 0 Å². The Morgan fingerprint density at radius 3 is 2.62 bits per heavy atom. The SMILES string of the molecule is O=C(NCCSc1ccccc1)c1cccc([N+](=O)[O-])c1. The number of carbonyl (C=O) groups excluding carboxylic acids is 1. The van der Waals surface area contributed by atoms with Crippen LogP contribution in [0.15, 0.2) is 59.5 Å². The van der Waals surface area contributed by atoms with E-state index in [1.165, 1.54) is 18.2 Å². The first kappa shape index (κ1) is 15.1. The minimum Gasteiger partial charge on any atom is -0.351 e. The van der Waals surface area contributed by atoms with Crippen molar-refractivity contribution in [1.82, 2.24) is 5.32 Å². The first-order valence-electron chi connectivity index (χ1n) is 6.37. The highest BCUT2D eigenvalue weighted by atomic mass is 32.2. The third-order valence-corrected chi connectivity index (χ3v) is 3.73. The van der Waals surface area contributed by atoms with Gasteiger partial charge in [-0.25, -0.2) is 0 Å². The molecule has 0 spiro atoms. The largest absolute Gasteiger partial charge is 0.351 e. The average Bonchev–Trinajstić information content (AvgIpc) is 2.52. The van der Waals surface area contributed by atoms with Crippen LogP contribution in [0.25, 0.3) is 0 Å². The highest BCUT2D eigenvalue weighted by molar-refractivity contribution is 7.99. The van der Waals surface area contributed by atoms with Gasteiger partial charge in [-0.3, -0.25) is 14.9 Å². The molecule has 108 valence electrons. The van der Waals surface area contributed by atoms with Gasteiger partial charge in [0, 0.05) is 34.9 Å². The number of non-ortho nitro benzene ring substituents is 1. The summed E-state index contributed by atoms with van der Waals surface area (Å²) in [6.07, 6.45) is 0. The van der Waals surface area contributed by atoms with Gasteiger partial charge in [-0.1, -0.05) is 24.3 Å². The Balaban J connectivity index is 1.82. The van der Waals surface area contributed by atoms with Crippen LogP contribution in [0.4, 0.5) is 5.69 Å². The van der Waals surface area contributed by atoms with Crippen LogP contribution in [0, 0.1) is 10.1 Å². The Hall–Kier alpha value is -2.34. The number of hydrogen-bond donors (Lipinski definition) is 1. The molecule has 0 saturated carbocycles. The number of nitrogens with one attached hydrogen (secondary N) is 1. The fourth-order valence-corrected chi connectivity index (χ4v) is 2.50. The van der Waals surface area contributed by atoms with Crippen LogP contribution in [-0.4, -0.2) is 23.1 Å². The monoisotopic (exact) mass is 302 g/mol. The normalized spacial score (nSPS) is 10.1. The molecule has 2 aromatic rings. The topological polar surface area (TPSA) is 72.2 Å². The summed E-state index contributed by atoms with van der Waals surface area (Å²) in [7, 11) is 0. The smallest absolute Gasteiger partial charge is 0.270 e. The predicted molar refractivity (Wildman–Crippen MR) is 82.6 cm³/mol. The third-order valence-electron chi connectivity index (χ3n) is 2.72. The highest BCUT2D eigenvalue weighted by Gasteiger charge is 2.10. The van der Waals surface area contributed by atoms with E-state index in [1.54, 1.807) is 17.8 Å². The molecule has 2 rings (SSSR count). The zero-order chi connectivity index (χ0) is 15.1. The van der Waals surface area contributed by atoms with Crippen LogP contribution >= 0.6 is 11.8 Å². The van der Waals surface area contributed by atoms with Gasteiger partial charge in [0.05, 0.1) is 4.92 Å². The second kappa shape index (κ2) is 7.44. The molecule has 0 aliphatic carbocycles. The predicted octanol–water partition coefficient (Wildman–Crippen LogP) is 3.12. The lowest BCUT2D eigenvalue weighted by Gasteiger charge is -2.05. The number of carbonyl (C=O) groups is 1. The van der Waals surface area contributed by atoms with Crippen LogP contribution in [0.1, 0.15) is 10.4 Å². The number of nitro benzene ring substituents is 1. The van der Waals surface area contributed by atoms with Gasteiger partial charge in [-0.2, -0.15) is 0 Å². The number of nitrogens with zero attached hydrogens (tertiary/aromatic N) is 1. The molecule has 0 radical (unpaired) electrons. The van der Waals surface area contributed by atoms with Gasteiger partial charge in [-0.05, 0) is 18.2 Å². The molecule has 1 amide bonds. The molecule has 1 N–H and O–H groups in total. The molecular formula is C15H14N2O3S. The molecule has 0 unspecified atom stereocenters. The van der Waals surface area contributed by atoms with Crippen molar-refractivity contribution in [3.8, 4) is 0 Å². The second-order valence-corrected chi connectivity index (χ2v) is 5.39. The van der Waals surface area contributed by atoms with Crippen molar-refractivity contribution < 1.29 is 9.72 Å². The molecule has 0 atom stereocenters. The molecule has 21 heavy (non-hydrogen) atoms. The lowest BCUT2D eigenvalue weighted by Crippen LogP contribution is -2.25. The fraction of sp³-hybridized carbons (Fsp3) is 0.133. The molecule has 0 heterocycles. The Morgan fingerprint density at radius 1 is 1.14 bits per heavy atom. The van der Waals surface area contributed by atoms with Gasteiger partial charge in [0.1, 0.15) is 0 Å². The van der Waals surface area contributed by atoms with Gasteiger partial charge in [0.25, 0.3) is 11.6 Å². The van der Waals surface area contributed by atoms with E-state index in [0.29, 0.717) is 12.1 Å². The average molecular weight is 302 g/mol. The van der Waals surface area contributed by atoms with E-state index >= 15 is 0 Å². The number of amides is 1. The third kappa shape index (κ3) is 4.61. The van der Waals surface area contributed by atoms with Gasteiger partial charge < -0.3 is 5.32 Å². The number of rotatable bonds is 6. The lowest BCUT2D eigenvalue weighted by atomic mass is 10.2. The van der Waals surface area contributed by atoms with Crippen molar-refractivity contribution in [1.29, 1.82) is 0 Å². The van der Waals surface area contributed by atoms with E-state index < -0.39 is 4.92 Å². The molecule has 5 nitrogen and oxygen atoms in total. The Morgan fingerprint density at radius 2 is 1.90 bits per heavy atom. The van der Waals surface area contributed by atoms with Crippen molar-refractivity contribution in [2.45, 2.75) is 4.90 Å². The van der Waals surface area contributed by atoms with E-state index in [4.69, 9.17) is 0 Å². The second-order valence-electron chi connectivity index (χ2n) is 4.22. The van der Waals surface area contributed by atoms with Gasteiger partial charge in [-0.15, -0.1) is 11.8 Å². The summed E-state index contributed by atoms with van der Waals surface area (Å²) in [6.45, 7) is 0.501. The maximum atomic E-state index is 11.9. The van der Waals surface area contributed by atoms with Crippen molar-refractivity contribution in [3.05, 3.63) is 70.3 Å². The van der Waals surface area contributed by atoms with E-state index in [0.717, 1.165) is 10.6 Å². The zero-order valence-corrected chi connectivity index (χ0v) is 12.0. The van der Waals surface area contributed by atoms with Crippen LogP contribution in [0.3, 0.4) is 0 Å².